The Morgan fingerprint density at radius 3 is 2.07 bits per heavy atom. The molecule has 28 heavy (non-hydrogen) atoms. The third kappa shape index (κ3) is 4.68. The highest BCUT2D eigenvalue weighted by molar-refractivity contribution is 9.10. The molecule has 0 saturated carbocycles. The van der Waals surface area contributed by atoms with Gasteiger partial charge in [-0.05, 0) is 42.3 Å². The Morgan fingerprint density at radius 1 is 0.893 bits per heavy atom. The van der Waals surface area contributed by atoms with E-state index < -0.39 is 22.0 Å². The predicted molar refractivity (Wildman–Crippen MR) is 113 cm³/mol. The molecule has 2 atom stereocenters. The van der Waals surface area contributed by atoms with Crippen molar-refractivity contribution in [2.75, 3.05) is 0 Å². The maximum Gasteiger partial charge on any atom is 0.241 e. The first kappa shape index (κ1) is 20.3. The number of sulfonamides is 1. The minimum atomic E-state index is -3.81. The minimum absolute atomic E-state index is 0.173. The van der Waals surface area contributed by atoms with Crippen molar-refractivity contribution >= 4 is 26.0 Å². The quantitative estimate of drug-likeness (QED) is 0.563. The van der Waals surface area contributed by atoms with Crippen LogP contribution in [-0.4, -0.2) is 8.42 Å². The van der Waals surface area contributed by atoms with Crippen LogP contribution in [-0.2, 0) is 10.0 Å². The smallest absolute Gasteiger partial charge is 0.207 e. The number of nitrogens with zero attached hydrogens (tertiary/aromatic N) is 1. The molecular formula is C22H19BrN2O2S. The Morgan fingerprint density at radius 2 is 1.50 bits per heavy atom. The molecule has 0 spiro atoms. The maximum absolute atomic E-state index is 13.0. The van der Waals surface area contributed by atoms with E-state index in [1.807, 2.05) is 61.5 Å². The molecule has 6 heteroatoms. The van der Waals surface area contributed by atoms with Crippen molar-refractivity contribution in [2.45, 2.75) is 23.8 Å². The lowest BCUT2D eigenvalue weighted by Crippen LogP contribution is -2.32. The highest BCUT2D eigenvalue weighted by atomic mass is 79.9. The molecule has 3 aromatic rings. The van der Waals surface area contributed by atoms with Crippen LogP contribution in [0.25, 0.3) is 0 Å². The number of rotatable bonds is 6. The normalized spacial score (nSPS) is 13.5. The molecule has 3 aromatic carbocycles. The summed E-state index contributed by atoms with van der Waals surface area (Å²) in [5.74, 6) is -0.685. The minimum Gasteiger partial charge on any atom is -0.207 e. The molecule has 0 aliphatic heterocycles. The number of halogens is 1. The summed E-state index contributed by atoms with van der Waals surface area (Å²) in [5, 5.41) is 9.89. The predicted octanol–water partition coefficient (Wildman–Crippen LogP) is 5.08. The highest BCUT2D eigenvalue weighted by Gasteiger charge is 2.29. The monoisotopic (exact) mass is 454 g/mol. The fraction of sp³-hybridized carbons (Fsp3) is 0.136. The molecule has 142 valence electrons. The van der Waals surface area contributed by atoms with Crippen LogP contribution in [0.4, 0.5) is 0 Å². The van der Waals surface area contributed by atoms with Crippen LogP contribution >= 0.6 is 15.9 Å². The van der Waals surface area contributed by atoms with Crippen LogP contribution < -0.4 is 4.72 Å². The van der Waals surface area contributed by atoms with Gasteiger partial charge in [0, 0.05) is 4.47 Å². The molecule has 0 aliphatic rings. The van der Waals surface area contributed by atoms with Gasteiger partial charge in [-0.1, -0.05) is 76.1 Å². The van der Waals surface area contributed by atoms with Gasteiger partial charge in [0.25, 0.3) is 0 Å². The lowest BCUT2D eigenvalue weighted by Gasteiger charge is -2.24. The van der Waals surface area contributed by atoms with Crippen molar-refractivity contribution in [2.24, 2.45) is 0 Å². The zero-order valence-electron chi connectivity index (χ0n) is 15.2. The number of aryl methyl sites for hydroxylation is 1. The first-order valence-corrected chi connectivity index (χ1v) is 11.0. The summed E-state index contributed by atoms with van der Waals surface area (Å²) in [7, 11) is -3.81. The molecule has 0 aliphatic carbocycles. The average molecular weight is 455 g/mol. The molecule has 0 unspecified atom stereocenters. The van der Waals surface area contributed by atoms with E-state index in [2.05, 4.69) is 26.7 Å². The van der Waals surface area contributed by atoms with Crippen molar-refractivity contribution in [3.05, 3.63) is 100 Å². The van der Waals surface area contributed by atoms with Crippen LogP contribution in [0.1, 0.15) is 28.7 Å². The molecule has 0 amide bonds. The summed E-state index contributed by atoms with van der Waals surface area (Å²) in [6, 6.07) is 24.7. The number of hydrogen-bond donors (Lipinski definition) is 1. The van der Waals surface area contributed by atoms with Gasteiger partial charge in [0.1, 0.15) is 0 Å². The van der Waals surface area contributed by atoms with Crippen LogP contribution in [0, 0.1) is 18.3 Å². The average Bonchev–Trinajstić information content (AvgIpc) is 2.70. The maximum atomic E-state index is 13.0. The van der Waals surface area contributed by atoms with E-state index in [0.29, 0.717) is 0 Å². The molecule has 4 nitrogen and oxygen atoms in total. The van der Waals surface area contributed by atoms with E-state index in [1.165, 1.54) is 0 Å². The SMILES string of the molecule is Cc1ccc(S(=O)(=O)N[C@@H](c2ccccc2)[C@@H](C#N)c2ccc(Br)cc2)cc1. The van der Waals surface area contributed by atoms with Gasteiger partial charge in [0.05, 0.1) is 22.9 Å². The van der Waals surface area contributed by atoms with Crippen molar-refractivity contribution in [3.63, 3.8) is 0 Å². The van der Waals surface area contributed by atoms with Crippen molar-refractivity contribution < 1.29 is 8.42 Å². The first-order valence-electron chi connectivity index (χ1n) is 8.70. The fourth-order valence-electron chi connectivity index (χ4n) is 2.95. The molecular weight excluding hydrogens is 436 g/mol. The zero-order chi connectivity index (χ0) is 20.1. The van der Waals surface area contributed by atoms with E-state index in [4.69, 9.17) is 0 Å². The van der Waals surface area contributed by atoms with Gasteiger partial charge in [-0.2, -0.15) is 5.26 Å². The molecule has 0 radical (unpaired) electrons. The molecule has 1 N–H and O–H groups in total. The van der Waals surface area contributed by atoms with Gasteiger partial charge < -0.3 is 0 Å². The second kappa shape index (κ2) is 8.70. The number of hydrogen-bond acceptors (Lipinski definition) is 3. The topological polar surface area (TPSA) is 70.0 Å². The van der Waals surface area contributed by atoms with E-state index >= 15 is 0 Å². The summed E-state index contributed by atoms with van der Waals surface area (Å²) >= 11 is 3.39. The van der Waals surface area contributed by atoms with E-state index in [0.717, 1.165) is 21.2 Å². The van der Waals surface area contributed by atoms with Crippen LogP contribution in [0.15, 0.2) is 88.2 Å². The Hall–Kier alpha value is -2.46. The van der Waals surface area contributed by atoms with Crippen molar-refractivity contribution in [1.82, 2.24) is 4.72 Å². The van der Waals surface area contributed by atoms with Gasteiger partial charge >= 0.3 is 0 Å². The van der Waals surface area contributed by atoms with Gasteiger partial charge in [0.2, 0.25) is 10.0 Å². The zero-order valence-corrected chi connectivity index (χ0v) is 17.6. The second-order valence-electron chi connectivity index (χ2n) is 6.48. The number of nitrogens with one attached hydrogen (secondary N) is 1. The number of benzene rings is 3. The Bertz CT molecular complexity index is 1070. The van der Waals surface area contributed by atoms with E-state index in [1.54, 1.807) is 24.3 Å². The molecule has 0 bridgehead atoms. The van der Waals surface area contributed by atoms with Crippen LogP contribution in [0.5, 0.6) is 0 Å². The van der Waals surface area contributed by atoms with Crippen LogP contribution in [0.2, 0.25) is 0 Å². The third-order valence-electron chi connectivity index (χ3n) is 4.47. The second-order valence-corrected chi connectivity index (χ2v) is 9.11. The first-order chi connectivity index (χ1) is 13.4. The van der Waals surface area contributed by atoms with Crippen molar-refractivity contribution in [3.8, 4) is 6.07 Å². The van der Waals surface area contributed by atoms with Gasteiger partial charge in [0.15, 0.2) is 0 Å². The summed E-state index contributed by atoms with van der Waals surface area (Å²) in [4.78, 5) is 0.173. The summed E-state index contributed by atoms with van der Waals surface area (Å²) in [5.41, 5.74) is 2.45. The molecule has 3 rings (SSSR count). The summed E-state index contributed by atoms with van der Waals surface area (Å²) in [6.45, 7) is 1.90. The molecule has 0 fully saturated rings. The Labute approximate surface area is 174 Å². The third-order valence-corrected chi connectivity index (χ3v) is 6.46. The van der Waals surface area contributed by atoms with Gasteiger partial charge in [-0.25, -0.2) is 13.1 Å². The Kier molecular flexibility index (Phi) is 6.30. The Balaban J connectivity index is 2.03. The van der Waals surface area contributed by atoms with Crippen molar-refractivity contribution in [1.29, 1.82) is 5.26 Å². The van der Waals surface area contributed by atoms with E-state index in [9.17, 15) is 13.7 Å². The van der Waals surface area contributed by atoms with Gasteiger partial charge in [-0.3, -0.25) is 0 Å². The van der Waals surface area contributed by atoms with Gasteiger partial charge in [-0.15, -0.1) is 0 Å². The summed E-state index contributed by atoms with van der Waals surface area (Å²) in [6.07, 6.45) is 0. The molecule has 0 aromatic heterocycles. The molecule has 0 heterocycles. The summed E-state index contributed by atoms with van der Waals surface area (Å²) < 4.78 is 29.7. The van der Waals surface area contributed by atoms with Crippen LogP contribution in [0.3, 0.4) is 0 Å². The largest absolute Gasteiger partial charge is 0.241 e. The lowest BCUT2D eigenvalue weighted by molar-refractivity contribution is 0.539. The molecule has 0 saturated heterocycles. The standard InChI is InChI=1S/C22H19BrN2O2S/c1-16-7-13-20(14-8-16)28(26,27)25-22(18-5-3-2-4-6-18)21(15-24)17-9-11-19(23)12-10-17/h2-14,21-22,25H,1H3/t21-,22-/m0/s1. The highest BCUT2D eigenvalue weighted by Crippen LogP contribution is 2.32. The number of nitriles is 1. The lowest BCUT2D eigenvalue weighted by atomic mass is 9.89. The fourth-order valence-corrected chi connectivity index (χ4v) is 4.45. The van der Waals surface area contributed by atoms with E-state index in [-0.39, 0.29) is 4.90 Å².